The van der Waals surface area contributed by atoms with Crippen molar-refractivity contribution in [1.29, 1.82) is 0 Å². The Balaban J connectivity index is 2.25. The van der Waals surface area contributed by atoms with Crippen molar-refractivity contribution >= 4 is 28.8 Å². The molecule has 0 aliphatic carbocycles. The van der Waals surface area contributed by atoms with Gasteiger partial charge in [-0.2, -0.15) is 0 Å². The Hall–Kier alpha value is -1.39. The van der Waals surface area contributed by atoms with Crippen molar-refractivity contribution < 1.29 is 4.79 Å². The summed E-state index contributed by atoms with van der Waals surface area (Å²) in [4.78, 5) is 18.5. The molecule has 1 amide bonds. The fourth-order valence-corrected chi connectivity index (χ4v) is 2.99. The van der Waals surface area contributed by atoms with E-state index in [2.05, 4.69) is 11.9 Å². The molecule has 106 valence electrons. The molecule has 2 rings (SSSR count). The molecule has 1 aromatic carbocycles. The van der Waals surface area contributed by atoms with Crippen LogP contribution in [0, 0.1) is 0 Å². The minimum Gasteiger partial charge on any atom is -0.342 e. The lowest BCUT2D eigenvalue weighted by molar-refractivity contribution is 0.0795. The van der Waals surface area contributed by atoms with E-state index in [9.17, 15) is 4.79 Å². The van der Waals surface area contributed by atoms with Crippen molar-refractivity contribution in [3.05, 3.63) is 40.9 Å². The average molecular weight is 309 g/mol. The number of thiazole rings is 1. The summed E-state index contributed by atoms with van der Waals surface area (Å²) < 4.78 is 0. The number of amides is 1. The van der Waals surface area contributed by atoms with E-state index >= 15 is 0 Å². The molecule has 0 N–H and O–H groups in total. The number of halogens is 1. The molecular formula is C15H17ClN2OS. The van der Waals surface area contributed by atoms with E-state index in [0.29, 0.717) is 11.4 Å². The zero-order valence-corrected chi connectivity index (χ0v) is 13.2. The predicted molar refractivity (Wildman–Crippen MR) is 84.4 cm³/mol. The van der Waals surface area contributed by atoms with E-state index in [1.54, 1.807) is 16.2 Å². The van der Waals surface area contributed by atoms with E-state index < -0.39 is 0 Å². The minimum atomic E-state index is 0.0443. The fraction of sp³-hybridized carbons (Fsp3) is 0.333. The Labute approximate surface area is 128 Å². The number of aromatic nitrogens is 1. The van der Waals surface area contributed by atoms with Crippen LogP contribution in [0.2, 0.25) is 0 Å². The second-order valence-corrected chi connectivity index (χ2v) is 5.71. The van der Waals surface area contributed by atoms with Crippen molar-refractivity contribution in [1.82, 2.24) is 9.88 Å². The lowest BCUT2D eigenvalue weighted by Crippen LogP contribution is -2.27. The van der Waals surface area contributed by atoms with Gasteiger partial charge in [-0.05, 0) is 18.6 Å². The number of hydrogen-bond donors (Lipinski definition) is 0. The van der Waals surface area contributed by atoms with Gasteiger partial charge in [-0.25, -0.2) is 4.98 Å². The van der Waals surface area contributed by atoms with Crippen molar-refractivity contribution in [2.75, 3.05) is 13.6 Å². The highest BCUT2D eigenvalue weighted by atomic mass is 35.5. The summed E-state index contributed by atoms with van der Waals surface area (Å²) in [6, 6.07) is 7.59. The van der Waals surface area contributed by atoms with Crippen LogP contribution in [0.5, 0.6) is 0 Å². The van der Waals surface area contributed by atoms with E-state index in [-0.39, 0.29) is 5.91 Å². The van der Waals surface area contributed by atoms with Crippen molar-refractivity contribution in [2.24, 2.45) is 0 Å². The lowest BCUT2D eigenvalue weighted by Gasteiger charge is -2.16. The van der Waals surface area contributed by atoms with E-state index in [1.807, 2.05) is 36.7 Å². The molecule has 0 bridgehead atoms. The number of carbonyl (C=O) groups excluding carboxylic acids is 1. The molecule has 0 aliphatic heterocycles. The fourth-order valence-electron chi connectivity index (χ4n) is 1.94. The molecule has 0 spiro atoms. The molecule has 20 heavy (non-hydrogen) atoms. The molecular weight excluding hydrogens is 292 g/mol. The second-order valence-electron chi connectivity index (χ2n) is 4.59. The van der Waals surface area contributed by atoms with Gasteiger partial charge in [0.2, 0.25) is 0 Å². The first-order valence-corrected chi connectivity index (χ1v) is 7.93. The highest BCUT2D eigenvalue weighted by Crippen LogP contribution is 2.25. The smallest absolute Gasteiger partial charge is 0.253 e. The van der Waals surface area contributed by atoms with Crippen molar-refractivity contribution in [3.8, 4) is 10.6 Å². The first-order chi connectivity index (χ1) is 9.65. The van der Waals surface area contributed by atoms with Gasteiger partial charge in [-0.15, -0.1) is 22.9 Å². The summed E-state index contributed by atoms with van der Waals surface area (Å²) in [5, 5.41) is 2.84. The first kappa shape index (κ1) is 15.0. The van der Waals surface area contributed by atoms with Gasteiger partial charge in [0.15, 0.2) is 0 Å². The zero-order chi connectivity index (χ0) is 14.5. The third-order valence-corrected chi connectivity index (χ3v) is 4.16. The molecule has 2 aromatic rings. The molecule has 0 unspecified atom stereocenters. The van der Waals surface area contributed by atoms with Crippen molar-refractivity contribution in [3.63, 3.8) is 0 Å². The second kappa shape index (κ2) is 6.86. The highest BCUT2D eigenvalue weighted by molar-refractivity contribution is 7.13. The molecule has 0 saturated carbocycles. The van der Waals surface area contributed by atoms with Gasteiger partial charge in [0.05, 0.1) is 11.6 Å². The number of nitrogens with zero attached hydrogens (tertiary/aromatic N) is 2. The largest absolute Gasteiger partial charge is 0.342 e. The summed E-state index contributed by atoms with van der Waals surface area (Å²) in [5.41, 5.74) is 2.52. The first-order valence-electron chi connectivity index (χ1n) is 6.52. The van der Waals surface area contributed by atoms with Gasteiger partial charge in [0, 0.05) is 30.1 Å². The van der Waals surface area contributed by atoms with Gasteiger partial charge in [-0.1, -0.05) is 19.1 Å². The summed E-state index contributed by atoms with van der Waals surface area (Å²) >= 11 is 7.31. The maximum Gasteiger partial charge on any atom is 0.253 e. The molecule has 0 fully saturated rings. The normalized spacial score (nSPS) is 10.6. The standard InChI is InChI=1S/C15H17ClN2OS/c1-3-7-18(2)15(19)12-6-4-5-11(8-12)14-17-13(9-16)10-20-14/h4-6,8,10H,3,7,9H2,1-2H3. The molecule has 3 nitrogen and oxygen atoms in total. The molecule has 1 heterocycles. The predicted octanol–water partition coefficient (Wildman–Crippen LogP) is 4.03. The number of carbonyl (C=O) groups is 1. The number of hydrogen-bond acceptors (Lipinski definition) is 3. The third-order valence-electron chi connectivity index (χ3n) is 2.95. The van der Waals surface area contributed by atoms with E-state index in [4.69, 9.17) is 11.6 Å². The summed E-state index contributed by atoms with van der Waals surface area (Å²) in [6.45, 7) is 2.82. The lowest BCUT2D eigenvalue weighted by atomic mass is 10.1. The topological polar surface area (TPSA) is 33.2 Å². The number of alkyl halides is 1. The van der Waals surface area contributed by atoms with Crippen LogP contribution >= 0.6 is 22.9 Å². The maximum absolute atomic E-state index is 12.3. The quantitative estimate of drug-likeness (QED) is 0.781. The summed E-state index contributed by atoms with van der Waals surface area (Å²) in [6.07, 6.45) is 0.952. The van der Waals surface area contributed by atoms with Gasteiger partial charge < -0.3 is 4.90 Å². The molecule has 1 aromatic heterocycles. The summed E-state index contributed by atoms with van der Waals surface area (Å²) in [5.74, 6) is 0.455. The molecule has 0 radical (unpaired) electrons. The summed E-state index contributed by atoms with van der Waals surface area (Å²) in [7, 11) is 1.83. The Morgan fingerprint density at radius 1 is 1.45 bits per heavy atom. The van der Waals surface area contributed by atoms with Gasteiger partial charge in [-0.3, -0.25) is 4.79 Å². The van der Waals surface area contributed by atoms with Gasteiger partial charge in [0.25, 0.3) is 5.91 Å². The molecule has 0 atom stereocenters. The van der Waals surface area contributed by atoms with Crippen molar-refractivity contribution in [2.45, 2.75) is 19.2 Å². The van der Waals surface area contributed by atoms with Gasteiger partial charge in [0.1, 0.15) is 5.01 Å². The molecule has 0 aliphatic rings. The monoisotopic (exact) mass is 308 g/mol. The maximum atomic E-state index is 12.3. The van der Waals surface area contributed by atoms with Crippen LogP contribution < -0.4 is 0 Å². The van der Waals surface area contributed by atoms with Crippen LogP contribution in [-0.4, -0.2) is 29.4 Å². The van der Waals surface area contributed by atoms with Crippen LogP contribution in [0.15, 0.2) is 29.6 Å². The van der Waals surface area contributed by atoms with Crippen LogP contribution in [0.4, 0.5) is 0 Å². The Morgan fingerprint density at radius 2 is 2.25 bits per heavy atom. The molecule has 0 saturated heterocycles. The SMILES string of the molecule is CCCN(C)C(=O)c1cccc(-c2nc(CCl)cs2)c1. The minimum absolute atomic E-state index is 0.0443. The zero-order valence-electron chi connectivity index (χ0n) is 11.6. The Kier molecular flexibility index (Phi) is 5.15. The van der Waals surface area contributed by atoms with Crippen LogP contribution in [0.1, 0.15) is 29.4 Å². The van der Waals surface area contributed by atoms with Crippen LogP contribution in [-0.2, 0) is 5.88 Å². The Bertz CT molecular complexity index is 597. The van der Waals surface area contributed by atoms with Crippen LogP contribution in [0.3, 0.4) is 0 Å². The third kappa shape index (κ3) is 3.38. The highest BCUT2D eigenvalue weighted by Gasteiger charge is 2.12. The van der Waals surface area contributed by atoms with E-state index in [1.165, 1.54) is 0 Å². The Morgan fingerprint density at radius 3 is 2.90 bits per heavy atom. The van der Waals surface area contributed by atoms with Gasteiger partial charge >= 0.3 is 0 Å². The number of benzene rings is 1. The average Bonchev–Trinajstić information content (AvgIpc) is 2.96. The van der Waals surface area contributed by atoms with Crippen LogP contribution in [0.25, 0.3) is 10.6 Å². The number of rotatable bonds is 5. The van der Waals surface area contributed by atoms with E-state index in [0.717, 1.165) is 29.2 Å². The molecule has 5 heteroatoms.